The van der Waals surface area contributed by atoms with Crippen LogP contribution in [0.25, 0.3) is 0 Å². The first-order chi connectivity index (χ1) is 8.29. The molecule has 3 heteroatoms. The van der Waals surface area contributed by atoms with Crippen molar-refractivity contribution in [3.8, 4) is 0 Å². The molecule has 1 atom stereocenters. The van der Waals surface area contributed by atoms with Crippen LogP contribution in [0.2, 0.25) is 5.02 Å². The molecular formula is C14H21ClN2. The molecule has 0 radical (unpaired) electrons. The summed E-state index contributed by atoms with van der Waals surface area (Å²) in [5, 5.41) is 4.20. The molecule has 1 heterocycles. The summed E-state index contributed by atoms with van der Waals surface area (Å²) < 4.78 is 0. The molecule has 1 aliphatic heterocycles. The number of likely N-dealkylation sites (tertiary alicyclic amines) is 1. The van der Waals surface area contributed by atoms with Crippen LogP contribution in [0.4, 0.5) is 0 Å². The number of hydrogen-bond donors (Lipinski definition) is 1. The first-order valence-corrected chi connectivity index (χ1v) is 6.82. The lowest BCUT2D eigenvalue weighted by molar-refractivity contribution is 0.314. The third kappa shape index (κ3) is 3.70. The fraction of sp³-hybridized carbons (Fsp3) is 0.571. The molecule has 17 heavy (non-hydrogen) atoms. The van der Waals surface area contributed by atoms with Crippen molar-refractivity contribution in [3.63, 3.8) is 0 Å². The van der Waals surface area contributed by atoms with Crippen molar-refractivity contribution in [1.29, 1.82) is 0 Å². The van der Waals surface area contributed by atoms with Gasteiger partial charge in [0.05, 0.1) is 0 Å². The quantitative estimate of drug-likeness (QED) is 0.867. The Balaban J connectivity index is 1.89. The van der Waals surface area contributed by atoms with Crippen LogP contribution in [0.1, 0.15) is 30.9 Å². The average Bonchev–Trinajstić information content (AvgIpc) is 2.85. The predicted molar refractivity (Wildman–Crippen MR) is 73.5 cm³/mol. The van der Waals surface area contributed by atoms with Crippen LogP contribution in [-0.2, 0) is 0 Å². The van der Waals surface area contributed by atoms with Crippen LogP contribution >= 0.6 is 11.6 Å². The Morgan fingerprint density at radius 1 is 1.24 bits per heavy atom. The summed E-state index contributed by atoms with van der Waals surface area (Å²) in [5.41, 5.74) is 1.33. The van der Waals surface area contributed by atoms with Crippen molar-refractivity contribution >= 4 is 11.6 Å². The minimum Gasteiger partial charge on any atom is -0.313 e. The first kappa shape index (κ1) is 12.9. The van der Waals surface area contributed by atoms with Crippen molar-refractivity contribution < 1.29 is 0 Å². The molecule has 0 amide bonds. The van der Waals surface area contributed by atoms with Gasteiger partial charge in [0.15, 0.2) is 0 Å². The van der Waals surface area contributed by atoms with Gasteiger partial charge in [0.1, 0.15) is 0 Å². The molecule has 0 aliphatic carbocycles. The van der Waals surface area contributed by atoms with Crippen LogP contribution in [-0.4, -0.2) is 31.6 Å². The monoisotopic (exact) mass is 252 g/mol. The van der Waals surface area contributed by atoms with Crippen molar-refractivity contribution in [2.24, 2.45) is 0 Å². The molecule has 1 saturated heterocycles. The third-order valence-corrected chi connectivity index (χ3v) is 3.81. The number of nitrogens with one attached hydrogen (secondary N) is 1. The number of rotatable bonds is 5. The summed E-state index contributed by atoms with van der Waals surface area (Å²) in [4.78, 5) is 2.56. The van der Waals surface area contributed by atoms with Crippen LogP contribution in [0.15, 0.2) is 24.3 Å². The van der Waals surface area contributed by atoms with Gasteiger partial charge in [-0.15, -0.1) is 0 Å². The number of benzene rings is 1. The lowest BCUT2D eigenvalue weighted by Crippen LogP contribution is -2.26. The number of nitrogens with zero attached hydrogens (tertiary/aromatic N) is 1. The molecule has 0 saturated carbocycles. The second-order valence-corrected chi connectivity index (χ2v) is 5.17. The van der Waals surface area contributed by atoms with Crippen molar-refractivity contribution in [3.05, 3.63) is 34.9 Å². The normalized spacial score (nSPS) is 18.5. The molecule has 2 nitrogen and oxygen atoms in total. The van der Waals surface area contributed by atoms with E-state index in [0.717, 1.165) is 11.4 Å². The summed E-state index contributed by atoms with van der Waals surface area (Å²) in [6.07, 6.45) is 3.90. The van der Waals surface area contributed by atoms with Crippen LogP contribution in [0.5, 0.6) is 0 Å². The first-order valence-electron chi connectivity index (χ1n) is 6.44. The molecular weight excluding hydrogens is 232 g/mol. The van der Waals surface area contributed by atoms with Gasteiger partial charge in [0.2, 0.25) is 0 Å². The standard InChI is InChI=1S/C14H21ClN2/c1-16-14(8-11-17-9-2-3-10-17)12-4-6-13(15)7-5-12/h4-7,14,16H,2-3,8-11H2,1H3/t14-/m1/s1. The van der Waals surface area contributed by atoms with Crippen molar-refractivity contribution in [1.82, 2.24) is 10.2 Å². The van der Waals surface area contributed by atoms with E-state index < -0.39 is 0 Å². The Kier molecular flexibility index (Phi) is 4.84. The fourth-order valence-electron chi connectivity index (χ4n) is 2.49. The topological polar surface area (TPSA) is 15.3 Å². The molecule has 1 aromatic rings. The largest absolute Gasteiger partial charge is 0.313 e. The molecule has 1 aliphatic rings. The lowest BCUT2D eigenvalue weighted by atomic mass is 10.0. The Labute approximate surface area is 109 Å². The molecule has 0 aromatic heterocycles. The van der Waals surface area contributed by atoms with Gasteiger partial charge in [-0.3, -0.25) is 0 Å². The van der Waals surface area contributed by atoms with E-state index in [1.807, 2.05) is 19.2 Å². The molecule has 0 spiro atoms. The van der Waals surface area contributed by atoms with E-state index in [2.05, 4.69) is 22.3 Å². The van der Waals surface area contributed by atoms with E-state index in [4.69, 9.17) is 11.6 Å². The number of halogens is 1. The Bertz CT molecular complexity index is 331. The van der Waals surface area contributed by atoms with Crippen LogP contribution in [0.3, 0.4) is 0 Å². The molecule has 1 aromatic carbocycles. The van der Waals surface area contributed by atoms with E-state index in [0.29, 0.717) is 6.04 Å². The molecule has 0 unspecified atom stereocenters. The maximum Gasteiger partial charge on any atom is 0.0406 e. The summed E-state index contributed by atoms with van der Waals surface area (Å²) in [7, 11) is 2.03. The van der Waals surface area contributed by atoms with E-state index in [9.17, 15) is 0 Å². The summed E-state index contributed by atoms with van der Waals surface area (Å²) in [5.74, 6) is 0. The van der Waals surface area contributed by atoms with Gasteiger partial charge in [0.25, 0.3) is 0 Å². The van der Waals surface area contributed by atoms with Crippen molar-refractivity contribution in [2.75, 3.05) is 26.7 Å². The second kappa shape index (κ2) is 6.39. The summed E-state index contributed by atoms with van der Waals surface area (Å²) in [6.45, 7) is 3.74. The van der Waals surface area contributed by atoms with Gasteiger partial charge in [-0.05, 0) is 63.6 Å². The zero-order valence-corrected chi connectivity index (χ0v) is 11.2. The Hall–Kier alpha value is -0.570. The zero-order valence-electron chi connectivity index (χ0n) is 10.5. The molecule has 1 fully saturated rings. The van der Waals surface area contributed by atoms with Gasteiger partial charge in [-0.2, -0.15) is 0 Å². The Morgan fingerprint density at radius 3 is 2.47 bits per heavy atom. The molecule has 2 rings (SSSR count). The van der Waals surface area contributed by atoms with Crippen LogP contribution in [0, 0.1) is 0 Å². The van der Waals surface area contributed by atoms with E-state index >= 15 is 0 Å². The third-order valence-electron chi connectivity index (χ3n) is 3.55. The van der Waals surface area contributed by atoms with Crippen molar-refractivity contribution in [2.45, 2.75) is 25.3 Å². The van der Waals surface area contributed by atoms with Gasteiger partial charge in [0, 0.05) is 11.1 Å². The van der Waals surface area contributed by atoms with Gasteiger partial charge < -0.3 is 10.2 Å². The van der Waals surface area contributed by atoms with E-state index in [-0.39, 0.29) is 0 Å². The Morgan fingerprint density at radius 2 is 1.88 bits per heavy atom. The highest BCUT2D eigenvalue weighted by Gasteiger charge is 2.14. The smallest absolute Gasteiger partial charge is 0.0406 e. The molecule has 1 N–H and O–H groups in total. The zero-order chi connectivity index (χ0) is 12.1. The van der Waals surface area contributed by atoms with Gasteiger partial charge >= 0.3 is 0 Å². The maximum absolute atomic E-state index is 5.91. The lowest BCUT2D eigenvalue weighted by Gasteiger charge is -2.21. The van der Waals surface area contributed by atoms with Gasteiger partial charge in [-0.1, -0.05) is 23.7 Å². The highest BCUT2D eigenvalue weighted by atomic mass is 35.5. The maximum atomic E-state index is 5.91. The van der Waals surface area contributed by atoms with Crippen LogP contribution < -0.4 is 5.32 Å². The summed E-state index contributed by atoms with van der Waals surface area (Å²) in [6, 6.07) is 8.61. The number of hydrogen-bond acceptors (Lipinski definition) is 2. The second-order valence-electron chi connectivity index (χ2n) is 4.73. The SMILES string of the molecule is CN[C@H](CCN1CCCC1)c1ccc(Cl)cc1. The van der Waals surface area contributed by atoms with E-state index in [1.54, 1.807) is 0 Å². The highest BCUT2D eigenvalue weighted by Crippen LogP contribution is 2.20. The average molecular weight is 253 g/mol. The van der Waals surface area contributed by atoms with E-state index in [1.165, 1.54) is 38.0 Å². The predicted octanol–water partition coefficient (Wildman–Crippen LogP) is 3.09. The minimum absolute atomic E-state index is 0.438. The molecule has 94 valence electrons. The van der Waals surface area contributed by atoms with Gasteiger partial charge in [-0.25, -0.2) is 0 Å². The fourth-order valence-corrected chi connectivity index (χ4v) is 2.62. The highest BCUT2D eigenvalue weighted by molar-refractivity contribution is 6.30. The molecule has 0 bridgehead atoms. The minimum atomic E-state index is 0.438. The summed E-state index contributed by atoms with van der Waals surface area (Å²) >= 11 is 5.91.